The third kappa shape index (κ3) is 6.33. The first-order chi connectivity index (χ1) is 15.7. The lowest BCUT2D eigenvalue weighted by Crippen LogP contribution is -2.36. The second-order valence-corrected chi connectivity index (χ2v) is 11.5. The molecule has 0 fully saturated rings. The molecule has 0 atom stereocenters. The monoisotopic (exact) mass is 509 g/mol. The van der Waals surface area contributed by atoms with E-state index in [2.05, 4.69) is 36.4 Å². The molecule has 3 aromatic rings. The Labute approximate surface area is 211 Å². The number of aliphatic hydroxyl groups is 1. The van der Waals surface area contributed by atoms with Crippen LogP contribution in [0.1, 0.15) is 40.2 Å². The number of halogens is 3. The fourth-order valence-electron chi connectivity index (χ4n) is 3.80. The van der Waals surface area contributed by atoms with E-state index in [9.17, 15) is 5.11 Å². The van der Waals surface area contributed by atoms with Crippen molar-refractivity contribution >= 4 is 51.6 Å². The molecule has 0 saturated carbocycles. The number of anilines is 3. The molecular weight excluding hydrogens is 476 g/mol. The summed E-state index contributed by atoms with van der Waals surface area (Å²) in [4.78, 5) is 6.50. The molecule has 0 aliphatic carbocycles. The average molecular weight is 510 g/mol. The van der Waals surface area contributed by atoms with Crippen LogP contribution in [-0.4, -0.2) is 40.4 Å². The zero-order valence-electron chi connectivity index (χ0n) is 20.9. The van der Waals surface area contributed by atoms with Gasteiger partial charge in [0.05, 0.1) is 38.1 Å². The molecule has 9 heteroatoms. The average Bonchev–Trinajstić information content (AvgIpc) is 2.98. The van der Waals surface area contributed by atoms with Crippen molar-refractivity contribution < 1.29 is 9.50 Å². The molecule has 3 N–H and O–H groups in total. The zero-order chi connectivity index (χ0) is 25.4. The molecule has 3 rings (SSSR count). The Balaban J connectivity index is 1.92. The van der Waals surface area contributed by atoms with Crippen LogP contribution in [0.3, 0.4) is 0 Å². The van der Waals surface area contributed by atoms with E-state index in [1.165, 1.54) is 0 Å². The Morgan fingerprint density at radius 1 is 1.12 bits per heavy atom. The number of imidazole rings is 1. The van der Waals surface area contributed by atoms with Gasteiger partial charge in [-0.15, -0.1) is 0 Å². The highest BCUT2D eigenvalue weighted by Crippen LogP contribution is 2.35. The van der Waals surface area contributed by atoms with Crippen LogP contribution in [-0.2, 0) is 13.6 Å². The molecular formula is C25H34Cl2FN5O. The SMILES string of the molecule is CN(CC(C)(C)O)c1cc2c(cc1Cl)nc(Nc1c(Cl)ccc(CNCC(C)(C)C)c1F)n2C. The maximum Gasteiger partial charge on any atom is 0.208 e. The van der Waals surface area contributed by atoms with Crippen molar-refractivity contribution in [2.75, 3.05) is 30.4 Å². The van der Waals surface area contributed by atoms with E-state index < -0.39 is 11.4 Å². The molecule has 6 nitrogen and oxygen atoms in total. The van der Waals surface area contributed by atoms with E-state index in [-0.39, 0.29) is 16.1 Å². The summed E-state index contributed by atoms with van der Waals surface area (Å²) < 4.78 is 17.2. The van der Waals surface area contributed by atoms with Gasteiger partial charge < -0.3 is 25.2 Å². The predicted molar refractivity (Wildman–Crippen MR) is 141 cm³/mol. The molecule has 1 heterocycles. The number of likely N-dealkylation sites (N-methyl/N-ethyl adjacent to an activating group) is 1. The smallest absolute Gasteiger partial charge is 0.208 e. The topological polar surface area (TPSA) is 65.3 Å². The number of rotatable bonds is 8. The highest BCUT2D eigenvalue weighted by molar-refractivity contribution is 6.34. The van der Waals surface area contributed by atoms with Crippen LogP contribution in [0.2, 0.25) is 10.0 Å². The van der Waals surface area contributed by atoms with E-state index in [1.807, 2.05) is 29.6 Å². The van der Waals surface area contributed by atoms with Crippen LogP contribution in [0.15, 0.2) is 24.3 Å². The number of nitrogens with one attached hydrogen (secondary N) is 2. The summed E-state index contributed by atoms with van der Waals surface area (Å²) in [5.74, 6) is 0.0264. The van der Waals surface area contributed by atoms with E-state index in [0.29, 0.717) is 35.1 Å². The van der Waals surface area contributed by atoms with Gasteiger partial charge in [-0.25, -0.2) is 9.37 Å². The molecule has 1 aromatic heterocycles. The van der Waals surface area contributed by atoms with E-state index in [0.717, 1.165) is 17.7 Å². The van der Waals surface area contributed by atoms with Gasteiger partial charge in [0.1, 0.15) is 0 Å². The first-order valence-electron chi connectivity index (χ1n) is 11.2. The molecule has 186 valence electrons. The van der Waals surface area contributed by atoms with Gasteiger partial charge in [0.25, 0.3) is 0 Å². The summed E-state index contributed by atoms with van der Waals surface area (Å²) >= 11 is 12.9. The Morgan fingerprint density at radius 3 is 2.41 bits per heavy atom. The summed E-state index contributed by atoms with van der Waals surface area (Å²) in [7, 11) is 3.71. The lowest BCUT2D eigenvalue weighted by molar-refractivity contribution is 0.0886. The van der Waals surface area contributed by atoms with E-state index in [4.69, 9.17) is 23.2 Å². The second-order valence-electron chi connectivity index (χ2n) is 10.6. The minimum absolute atomic E-state index is 0.0954. The second kappa shape index (κ2) is 9.90. The molecule has 0 unspecified atom stereocenters. The van der Waals surface area contributed by atoms with Gasteiger partial charge in [0.15, 0.2) is 5.82 Å². The Hall–Kier alpha value is -2.06. The van der Waals surface area contributed by atoms with Gasteiger partial charge in [0.2, 0.25) is 5.95 Å². The van der Waals surface area contributed by atoms with Gasteiger partial charge in [-0.3, -0.25) is 0 Å². The molecule has 34 heavy (non-hydrogen) atoms. The number of aromatic nitrogens is 2. The van der Waals surface area contributed by atoms with Crippen molar-refractivity contribution in [3.8, 4) is 0 Å². The minimum atomic E-state index is -0.882. The van der Waals surface area contributed by atoms with Crippen molar-refractivity contribution in [3.63, 3.8) is 0 Å². The number of hydrogen-bond donors (Lipinski definition) is 3. The first kappa shape index (κ1) is 26.5. The summed E-state index contributed by atoms with van der Waals surface area (Å²) in [6.07, 6.45) is 0. The van der Waals surface area contributed by atoms with Crippen LogP contribution in [0.4, 0.5) is 21.7 Å². The molecule has 0 aliphatic heterocycles. The quantitative estimate of drug-likeness (QED) is 0.342. The van der Waals surface area contributed by atoms with Crippen LogP contribution < -0.4 is 15.5 Å². The minimum Gasteiger partial charge on any atom is -0.389 e. The fourth-order valence-corrected chi connectivity index (χ4v) is 4.30. The molecule has 0 spiro atoms. The van der Waals surface area contributed by atoms with Crippen LogP contribution in [0, 0.1) is 11.2 Å². The van der Waals surface area contributed by atoms with Gasteiger partial charge in [-0.05, 0) is 37.5 Å². The van der Waals surface area contributed by atoms with Crippen molar-refractivity contribution in [2.24, 2.45) is 12.5 Å². The molecule has 0 saturated heterocycles. The van der Waals surface area contributed by atoms with Gasteiger partial charge in [0, 0.05) is 39.3 Å². The number of fused-ring (bicyclic) bond motifs is 1. The lowest BCUT2D eigenvalue weighted by Gasteiger charge is -2.28. The third-order valence-electron chi connectivity index (χ3n) is 5.36. The van der Waals surface area contributed by atoms with Gasteiger partial charge >= 0.3 is 0 Å². The fraction of sp³-hybridized carbons (Fsp3) is 0.480. The number of nitrogens with zero attached hydrogens (tertiary/aromatic N) is 3. The van der Waals surface area contributed by atoms with Crippen LogP contribution in [0.25, 0.3) is 11.0 Å². The Bertz CT molecular complexity index is 1180. The highest BCUT2D eigenvalue weighted by Gasteiger charge is 2.21. The van der Waals surface area contributed by atoms with Crippen molar-refractivity contribution in [2.45, 2.75) is 46.8 Å². The maximum atomic E-state index is 15.3. The van der Waals surface area contributed by atoms with Gasteiger partial charge in [-0.2, -0.15) is 0 Å². The Kier molecular flexibility index (Phi) is 7.73. The van der Waals surface area contributed by atoms with E-state index >= 15 is 4.39 Å². The largest absolute Gasteiger partial charge is 0.389 e. The maximum absolute atomic E-state index is 15.3. The number of aryl methyl sites for hydroxylation is 1. The van der Waals surface area contributed by atoms with Gasteiger partial charge in [-0.1, -0.05) is 50.0 Å². The molecule has 0 amide bonds. The van der Waals surface area contributed by atoms with E-state index in [1.54, 1.807) is 32.0 Å². The summed E-state index contributed by atoms with van der Waals surface area (Å²) in [5.41, 5.74) is 2.15. The number of hydrogen-bond acceptors (Lipinski definition) is 5. The first-order valence-corrected chi connectivity index (χ1v) is 12.0. The van der Waals surface area contributed by atoms with Crippen molar-refractivity contribution in [1.29, 1.82) is 0 Å². The third-order valence-corrected chi connectivity index (χ3v) is 5.98. The van der Waals surface area contributed by atoms with Crippen molar-refractivity contribution in [3.05, 3.63) is 45.7 Å². The standard InChI is InChI=1S/C25H34Cl2FN5O/c1-24(2,3)13-29-12-15-8-9-16(26)22(21(15)28)31-23-30-18-10-17(27)19(11-20(18)33(23)7)32(6)14-25(4,5)34/h8-11,29,34H,12-14H2,1-7H3,(H,30,31). The van der Waals surface area contributed by atoms with Crippen molar-refractivity contribution in [1.82, 2.24) is 14.9 Å². The summed E-state index contributed by atoms with van der Waals surface area (Å²) in [6, 6.07) is 7.05. The van der Waals surface area contributed by atoms with Crippen LogP contribution in [0.5, 0.6) is 0 Å². The van der Waals surface area contributed by atoms with Crippen LogP contribution >= 0.6 is 23.2 Å². The Morgan fingerprint density at radius 2 is 1.79 bits per heavy atom. The summed E-state index contributed by atoms with van der Waals surface area (Å²) in [6.45, 7) is 11.4. The molecule has 2 aromatic carbocycles. The number of benzene rings is 2. The highest BCUT2D eigenvalue weighted by atomic mass is 35.5. The summed E-state index contributed by atoms with van der Waals surface area (Å²) in [5, 5.41) is 17.3. The zero-order valence-corrected chi connectivity index (χ0v) is 22.4. The molecule has 0 radical (unpaired) electrons. The normalized spacial score (nSPS) is 12.4. The lowest BCUT2D eigenvalue weighted by atomic mass is 9.97. The molecule has 0 bridgehead atoms. The predicted octanol–water partition coefficient (Wildman–Crippen LogP) is 6.11. The molecule has 0 aliphatic rings.